The number of carbonyl (C=O) groups excluding carboxylic acids is 3. The SMILES string of the molecule is Cc1ccc(C(=O)Nc2ccccc2C(=O)Nc2ccc(C)cc2C(=O)c2ccccc2)cc1. The van der Waals surface area contributed by atoms with Gasteiger partial charge < -0.3 is 10.6 Å². The van der Waals surface area contributed by atoms with E-state index in [-0.39, 0.29) is 11.7 Å². The van der Waals surface area contributed by atoms with Crippen molar-refractivity contribution in [3.05, 3.63) is 130 Å². The number of amides is 2. The molecule has 0 saturated carbocycles. The first kappa shape index (κ1) is 22.7. The molecule has 0 aliphatic rings. The van der Waals surface area contributed by atoms with Gasteiger partial charge >= 0.3 is 0 Å². The molecule has 0 aliphatic carbocycles. The predicted molar refractivity (Wildman–Crippen MR) is 135 cm³/mol. The van der Waals surface area contributed by atoms with Crippen LogP contribution in [-0.2, 0) is 0 Å². The molecular formula is C29H24N2O3. The Labute approximate surface area is 198 Å². The van der Waals surface area contributed by atoms with E-state index in [2.05, 4.69) is 10.6 Å². The zero-order valence-electron chi connectivity index (χ0n) is 19.0. The molecule has 0 heterocycles. The van der Waals surface area contributed by atoms with Crippen molar-refractivity contribution in [2.45, 2.75) is 13.8 Å². The second-order valence-electron chi connectivity index (χ2n) is 8.06. The molecule has 5 heteroatoms. The number of rotatable bonds is 6. The molecule has 0 spiro atoms. The second-order valence-corrected chi connectivity index (χ2v) is 8.06. The summed E-state index contributed by atoms with van der Waals surface area (Å²) in [5.74, 6) is -0.915. The van der Waals surface area contributed by atoms with Gasteiger partial charge in [0.1, 0.15) is 0 Å². The number of hydrogen-bond acceptors (Lipinski definition) is 3. The Morgan fingerprint density at radius 3 is 1.85 bits per heavy atom. The third-order valence-corrected chi connectivity index (χ3v) is 5.44. The van der Waals surface area contributed by atoms with Crippen LogP contribution < -0.4 is 10.6 Å². The lowest BCUT2D eigenvalue weighted by molar-refractivity contribution is 0.102. The third-order valence-electron chi connectivity index (χ3n) is 5.44. The van der Waals surface area contributed by atoms with Gasteiger partial charge in [0, 0.05) is 16.7 Å². The summed E-state index contributed by atoms with van der Waals surface area (Å²) in [5, 5.41) is 5.67. The molecule has 2 amide bonds. The Kier molecular flexibility index (Phi) is 6.64. The Bertz CT molecular complexity index is 1360. The van der Waals surface area contributed by atoms with E-state index in [0.29, 0.717) is 33.6 Å². The first-order valence-electron chi connectivity index (χ1n) is 10.9. The normalized spacial score (nSPS) is 10.4. The summed E-state index contributed by atoms with van der Waals surface area (Å²) in [5.41, 5.74) is 4.47. The Morgan fingerprint density at radius 2 is 1.12 bits per heavy atom. The highest BCUT2D eigenvalue weighted by Gasteiger charge is 2.19. The molecular weight excluding hydrogens is 424 g/mol. The van der Waals surface area contributed by atoms with E-state index < -0.39 is 5.91 Å². The van der Waals surface area contributed by atoms with Crippen LogP contribution in [0.3, 0.4) is 0 Å². The van der Waals surface area contributed by atoms with Gasteiger partial charge in [-0.05, 0) is 50.2 Å². The van der Waals surface area contributed by atoms with Crippen LogP contribution in [-0.4, -0.2) is 17.6 Å². The summed E-state index contributed by atoms with van der Waals surface area (Å²) < 4.78 is 0. The molecule has 0 radical (unpaired) electrons. The fraction of sp³-hybridized carbons (Fsp3) is 0.0690. The van der Waals surface area contributed by atoms with Crippen LogP contribution >= 0.6 is 0 Å². The molecule has 0 aromatic heterocycles. The molecule has 0 unspecified atom stereocenters. The summed E-state index contributed by atoms with van der Waals surface area (Å²) >= 11 is 0. The van der Waals surface area contributed by atoms with E-state index in [0.717, 1.165) is 11.1 Å². The zero-order valence-corrected chi connectivity index (χ0v) is 19.0. The lowest BCUT2D eigenvalue weighted by atomic mass is 9.99. The van der Waals surface area contributed by atoms with Crippen molar-refractivity contribution in [2.75, 3.05) is 10.6 Å². The van der Waals surface area contributed by atoms with Crippen LogP contribution in [0, 0.1) is 13.8 Å². The maximum absolute atomic E-state index is 13.2. The van der Waals surface area contributed by atoms with Gasteiger partial charge in [0.25, 0.3) is 11.8 Å². The largest absolute Gasteiger partial charge is 0.321 e. The summed E-state index contributed by atoms with van der Waals surface area (Å²) in [4.78, 5) is 39.1. The fourth-order valence-electron chi connectivity index (χ4n) is 3.58. The minimum absolute atomic E-state index is 0.180. The molecule has 4 rings (SSSR count). The molecule has 4 aromatic carbocycles. The molecule has 0 aliphatic heterocycles. The Hall–Kier alpha value is -4.51. The van der Waals surface area contributed by atoms with Crippen molar-refractivity contribution in [2.24, 2.45) is 0 Å². The Balaban J connectivity index is 1.60. The highest BCUT2D eigenvalue weighted by molar-refractivity contribution is 6.17. The van der Waals surface area contributed by atoms with Crippen molar-refractivity contribution in [3.63, 3.8) is 0 Å². The second kappa shape index (κ2) is 9.96. The predicted octanol–water partition coefficient (Wildman–Crippen LogP) is 6.04. The average Bonchev–Trinajstić information content (AvgIpc) is 2.86. The third kappa shape index (κ3) is 5.10. The number of hydrogen-bond donors (Lipinski definition) is 2. The molecule has 2 N–H and O–H groups in total. The summed E-state index contributed by atoms with van der Waals surface area (Å²) in [7, 11) is 0. The highest BCUT2D eigenvalue weighted by atomic mass is 16.2. The number of nitrogens with one attached hydrogen (secondary N) is 2. The van der Waals surface area contributed by atoms with Crippen LogP contribution in [0.4, 0.5) is 11.4 Å². The van der Waals surface area contributed by atoms with Crippen molar-refractivity contribution in [1.82, 2.24) is 0 Å². The average molecular weight is 449 g/mol. The lowest BCUT2D eigenvalue weighted by Gasteiger charge is -2.14. The van der Waals surface area contributed by atoms with Crippen LogP contribution in [0.5, 0.6) is 0 Å². The van der Waals surface area contributed by atoms with E-state index in [1.165, 1.54) is 0 Å². The molecule has 0 saturated heterocycles. The van der Waals surface area contributed by atoms with Gasteiger partial charge in [0.15, 0.2) is 5.78 Å². The van der Waals surface area contributed by atoms with Gasteiger partial charge in [-0.25, -0.2) is 0 Å². The fourth-order valence-corrected chi connectivity index (χ4v) is 3.58. The smallest absolute Gasteiger partial charge is 0.257 e. The van der Waals surface area contributed by atoms with Crippen LogP contribution in [0.25, 0.3) is 0 Å². The number of aryl methyl sites for hydroxylation is 2. The molecule has 5 nitrogen and oxygen atoms in total. The van der Waals surface area contributed by atoms with Crippen molar-refractivity contribution in [3.8, 4) is 0 Å². The van der Waals surface area contributed by atoms with Gasteiger partial charge in [0.05, 0.1) is 16.9 Å². The van der Waals surface area contributed by atoms with Crippen LogP contribution in [0.1, 0.15) is 47.8 Å². The number of anilines is 2. The van der Waals surface area contributed by atoms with Gasteiger partial charge in [-0.3, -0.25) is 14.4 Å². The minimum Gasteiger partial charge on any atom is -0.321 e. The number of para-hydroxylation sites is 1. The molecule has 0 bridgehead atoms. The molecule has 4 aromatic rings. The topological polar surface area (TPSA) is 75.3 Å². The monoisotopic (exact) mass is 448 g/mol. The van der Waals surface area contributed by atoms with Crippen LogP contribution in [0.2, 0.25) is 0 Å². The summed E-state index contributed by atoms with van der Waals surface area (Å²) in [6.45, 7) is 3.84. The summed E-state index contributed by atoms with van der Waals surface area (Å²) in [6.07, 6.45) is 0. The van der Waals surface area contributed by atoms with Crippen molar-refractivity contribution < 1.29 is 14.4 Å². The molecule has 0 atom stereocenters. The van der Waals surface area contributed by atoms with Gasteiger partial charge in [0.2, 0.25) is 0 Å². The quantitative estimate of drug-likeness (QED) is 0.353. The van der Waals surface area contributed by atoms with Crippen molar-refractivity contribution >= 4 is 29.0 Å². The number of carbonyl (C=O) groups is 3. The maximum Gasteiger partial charge on any atom is 0.257 e. The number of ketones is 1. The van der Waals surface area contributed by atoms with Crippen molar-refractivity contribution in [1.29, 1.82) is 0 Å². The minimum atomic E-state index is -0.425. The first-order chi connectivity index (χ1) is 16.4. The van der Waals surface area contributed by atoms with Gasteiger partial charge in [-0.1, -0.05) is 71.8 Å². The maximum atomic E-state index is 13.2. The lowest BCUT2D eigenvalue weighted by Crippen LogP contribution is -2.19. The van der Waals surface area contributed by atoms with E-state index in [9.17, 15) is 14.4 Å². The van der Waals surface area contributed by atoms with E-state index >= 15 is 0 Å². The van der Waals surface area contributed by atoms with E-state index in [4.69, 9.17) is 0 Å². The standard InChI is InChI=1S/C29H24N2O3/c1-19-12-15-22(16-13-19)28(33)30-25-11-7-6-10-23(25)29(34)31-26-17-14-20(2)18-24(26)27(32)21-8-4-3-5-9-21/h3-18H,1-2H3,(H,30,33)(H,31,34). The first-order valence-corrected chi connectivity index (χ1v) is 10.9. The van der Waals surface area contributed by atoms with Gasteiger partial charge in [-0.15, -0.1) is 0 Å². The van der Waals surface area contributed by atoms with E-state index in [1.807, 2.05) is 38.1 Å². The van der Waals surface area contributed by atoms with E-state index in [1.54, 1.807) is 72.8 Å². The Morgan fingerprint density at radius 1 is 0.529 bits per heavy atom. The van der Waals surface area contributed by atoms with Crippen LogP contribution in [0.15, 0.2) is 97.1 Å². The summed E-state index contributed by atoms with van der Waals surface area (Å²) in [6, 6.07) is 28.2. The molecule has 34 heavy (non-hydrogen) atoms. The number of benzene rings is 4. The highest BCUT2D eigenvalue weighted by Crippen LogP contribution is 2.24. The molecule has 0 fully saturated rings. The van der Waals surface area contributed by atoms with Gasteiger partial charge in [-0.2, -0.15) is 0 Å². The molecule has 168 valence electrons. The zero-order chi connectivity index (χ0) is 24.1.